The zero-order valence-corrected chi connectivity index (χ0v) is 10.1. The zero-order valence-electron chi connectivity index (χ0n) is 10.1. The van der Waals surface area contributed by atoms with Crippen molar-refractivity contribution in [2.45, 2.75) is 32.7 Å². The van der Waals surface area contributed by atoms with Crippen molar-refractivity contribution < 1.29 is 4.79 Å². The van der Waals surface area contributed by atoms with Gasteiger partial charge in [-0.2, -0.15) is 0 Å². The number of rotatable bonds is 4. The fourth-order valence-corrected chi connectivity index (χ4v) is 2.47. The minimum atomic E-state index is 0.226. The Bertz CT molecular complexity index is 398. The maximum atomic E-state index is 11.0. The number of aryl methyl sites for hydroxylation is 2. The number of benzene rings is 1. The van der Waals surface area contributed by atoms with E-state index in [9.17, 15) is 4.79 Å². The lowest BCUT2D eigenvalue weighted by atomic mass is 10.1. The minimum Gasteiger partial charge on any atom is -0.299 e. The third-order valence-corrected chi connectivity index (χ3v) is 3.11. The van der Waals surface area contributed by atoms with E-state index in [-0.39, 0.29) is 5.78 Å². The summed E-state index contributed by atoms with van der Waals surface area (Å²) in [5.74, 6) is 0.226. The van der Waals surface area contributed by atoms with E-state index >= 15 is 0 Å². The first kappa shape index (κ1) is 11.3. The van der Waals surface area contributed by atoms with Crippen LogP contribution < -0.4 is 0 Å². The Labute approximate surface area is 97.3 Å². The highest BCUT2D eigenvalue weighted by Gasteiger charge is 2.11. The van der Waals surface area contributed by atoms with Crippen LogP contribution in [0.4, 0.5) is 0 Å². The maximum Gasteiger partial charge on any atom is 0.143 e. The monoisotopic (exact) mass is 217 g/mol. The van der Waals surface area contributed by atoms with E-state index in [0.717, 1.165) is 6.54 Å². The van der Waals surface area contributed by atoms with Crippen molar-refractivity contribution in [3.63, 3.8) is 0 Å². The van der Waals surface area contributed by atoms with Gasteiger partial charge in [0.1, 0.15) is 5.78 Å². The van der Waals surface area contributed by atoms with E-state index in [1.54, 1.807) is 6.92 Å². The molecule has 0 fully saturated rings. The van der Waals surface area contributed by atoms with Crippen molar-refractivity contribution in [1.29, 1.82) is 0 Å². The summed E-state index contributed by atoms with van der Waals surface area (Å²) in [7, 11) is 1.99. The van der Waals surface area contributed by atoms with E-state index in [1.165, 1.54) is 36.0 Å². The lowest BCUT2D eigenvalue weighted by molar-refractivity contribution is -0.117. The van der Waals surface area contributed by atoms with Crippen LogP contribution >= 0.6 is 0 Å². The van der Waals surface area contributed by atoms with Crippen LogP contribution in [0.15, 0.2) is 18.2 Å². The first-order valence-electron chi connectivity index (χ1n) is 5.94. The molecule has 1 aliphatic rings. The molecule has 1 aromatic carbocycles. The van der Waals surface area contributed by atoms with Gasteiger partial charge in [-0.1, -0.05) is 18.2 Å². The molecule has 16 heavy (non-hydrogen) atoms. The van der Waals surface area contributed by atoms with Gasteiger partial charge in [-0.25, -0.2) is 0 Å². The molecule has 0 unspecified atom stereocenters. The Morgan fingerprint density at radius 1 is 1.31 bits per heavy atom. The Balaban J connectivity index is 2.02. The number of nitrogens with zero attached hydrogens (tertiary/aromatic N) is 1. The Morgan fingerprint density at radius 3 is 2.81 bits per heavy atom. The summed E-state index contributed by atoms with van der Waals surface area (Å²) < 4.78 is 0. The van der Waals surface area contributed by atoms with Gasteiger partial charge in [0.15, 0.2) is 0 Å². The van der Waals surface area contributed by atoms with E-state index in [2.05, 4.69) is 23.1 Å². The van der Waals surface area contributed by atoms with Crippen molar-refractivity contribution in [2.24, 2.45) is 0 Å². The number of Topliss-reactive ketones (excluding diaryl/α,β-unsaturated/α-hetero) is 1. The molecule has 86 valence electrons. The fourth-order valence-electron chi connectivity index (χ4n) is 2.47. The molecular formula is C14H19NO. The lowest BCUT2D eigenvalue weighted by Gasteiger charge is -2.15. The highest BCUT2D eigenvalue weighted by molar-refractivity contribution is 5.77. The molecule has 2 heteroatoms. The van der Waals surface area contributed by atoms with Crippen LogP contribution in [0.25, 0.3) is 0 Å². The molecule has 0 heterocycles. The zero-order chi connectivity index (χ0) is 11.5. The van der Waals surface area contributed by atoms with Crippen molar-refractivity contribution >= 4 is 5.78 Å². The first-order chi connectivity index (χ1) is 7.65. The van der Waals surface area contributed by atoms with Crippen molar-refractivity contribution in [2.75, 3.05) is 13.6 Å². The molecule has 1 aliphatic carbocycles. The normalized spacial score (nSPS) is 14.2. The van der Waals surface area contributed by atoms with Crippen molar-refractivity contribution in [3.8, 4) is 0 Å². The maximum absolute atomic E-state index is 11.0. The molecule has 0 spiro atoms. The average Bonchev–Trinajstić information content (AvgIpc) is 2.63. The summed E-state index contributed by atoms with van der Waals surface area (Å²) >= 11 is 0. The number of hydrogen-bond donors (Lipinski definition) is 0. The largest absolute Gasteiger partial charge is 0.299 e. The molecular weight excluding hydrogens is 198 g/mol. The van der Waals surface area contributed by atoms with E-state index < -0.39 is 0 Å². The molecule has 2 nitrogen and oxygen atoms in total. The number of likely N-dealkylation sites (N-methyl/N-ethyl adjacent to an activating group) is 1. The predicted octanol–water partition coefficient (Wildman–Crippen LogP) is 2.20. The number of carbonyl (C=O) groups excluding carboxylic acids is 1. The van der Waals surface area contributed by atoms with Gasteiger partial charge in [-0.3, -0.25) is 9.69 Å². The highest BCUT2D eigenvalue weighted by Crippen LogP contribution is 2.23. The molecule has 0 aliphatic heterocycles. The Morgan fingerprint density at radius 2 is 2.06 bits per heavy atom. The third kappa shape index (κ3) is 2.70. The van der Waals surface area contributed by atoms with E-state index in [0.29, 0.717) is 6.54 Å². The number of fused-ring (bicyclic) bond motifs is 1. The summed E-state index contributed by atoms with van der Waals surface area (Å²) in [6.45, 7) is 3.04. The van der Waals surface area contributed by atoms with E-state index in [4.69, 9.17) is 0 Å². The van der Waals surface area contributed by atoms with E-state index in [1.807, 2.05) is 7.05 Å². The van der Waals surface area contributed by atoms with Crippen LogP contribution in [0.3, 0.4) is 0 Å². The summed E-state index contributed by atoms with van der Waals surface area (Å²) in [6.07, 6.45) is 3.75. The molecule has 0 aromatic heterocycles. The summed E-state index contributed by atoms with van der Waals surface area (Å²) in [4.78, 5) is 13.1. The van der Waals surface area contributed by atoms with Gasteiger partial charge in [0.25, 0.3) is 0 Å². The standard InChI is InChI=1S/C14H19NO/c1-11(16)9-15(2)10-12-6-7-13-4-3-5-14(13)8-12/h6-8H,3-5,9-10H2,1-2H3. The topological polar surface area (TPSA) is 20.3 Å². The molecule has 1 aromatic rings. The SMILES string of the molecule is CC(=O)CN(C)Cc1ccc2c(c1)CCC2. The quantitative estimate of drug-likeness (QED) is 0.770. The van der Waals surface area contributed by atoms with Crippen LogP contribution in [0.1, 0.15) is 30.0 Å². The van der Waals surface area contributed by atoms with Crippen LogP contribution in [0, 0.1) is 0 Å². The Kier molecular flexibility index (Phi) is 3.39. The highest BCUT2D eigenvalue weighted by atomic mass is 16.1. The third-order valence-electron chi connectivity index (χ3n) is 3.11. The average molecular weight is 217 g/mol. The molecule has 0 radical (unpaired) electrons. The van der Waals surface area contributed by atoms with Crippen LogP contribution in [-0.2, 0) is 24.2 Å². The van der Waals surface area contributed by atoms with Gasteiger partial charge in [-0.05, 0) is 49.9 Å². The van der Waals surface area contributed by atoms with Gasteiger partial charge in [0.2, 0.25) is 0 Å². The number of ketones is 1. The molecule has 2 rings (SSSR count). The molecule has 0 bridgehead atoms. The molecule has 0 N–H and O–H groups in total. The molecule has 0 atom stereocenters. The summed E-state index contributed by atoms with van der Waals surface area (Å²) in [5, 5.41) is 0. The van der Waals surface area contributed by atoms with Gasteiger partial charge >= 0.3 is 0 Å². The molecule has 0 amide bonds. The van der Waals surface area contributed by atoms with Crippen LogP contribution in [0.2, 0.25) is 0 Å². The number of carbonyl (C=O) groups is 1. The van der Waals surface area contributed by atoms with Crippen LogP contribution in [-0.4, -0.2) is 24.3 Å². The Hall–Kier alpha value is -1.15. The lowest BCUT2D eigenvalue weighted by Crippen LogP contribution is -2.23. The van der Waals surface area contributed by atoms with Crippen molar-refractivity contribution in [3.05, 3.63) is 34.9 Å². The van der Waals surface area contributed by atoms with Gasteiger partial charge in [0, 0.05) is 6.54 Å². The second-order valence-corrected chi connectivity index (χ2v) is 4.83. The fraction of sp³-hybridized carbons (Fsp3) is 0.500. The van der Waals surface area contributed by atoms with Gasteiger partial charge in [0.05, 0.1) is 6.54 Å². The molecule has 0 saturated heterocycles. The number of hydrogen-bond acceptors (Lipinski definition) is 2. The van der Waals surface area contributed by atoms with Gasteiger partial charge < -0.3 is 0 Å². The minimum absolute atomic E-state index is 0.226. The smallest absolute Gasteiger partial charge is 0.143 e. The van der Waals surface area contributed by atoms with Crippen LogP contribution in [0.5, 0.6) is 0 Å². The molecule has 0 saturated carbocycles. The second-order valence-electron chi connectivity index (χ2n) is 4.83. The van der Waals surface area contributed by atoms with Gasteiger partial charge in [-0.15, -0.1) is 0 Å². The predicted molar refractivity (Wildman–Crippen MR) is 65.5 cm³/mol. The summed E-state index contributed by atoms with van der Waals surface area (Å²) in [6, 6.07) is 6.75. The summed E-state index contributed by atoms with van der Waals surface area (Å²) in [5.41, 5.74) is 4.34. The second kappa shape index (κ2) is 4.79. The van der Waals surface area contributed by atoms with Crippen molar-refractivity contribution in [1.82, 2.24) is 4.90 Å². The first-order valence-corrected chi connectivity index (χ1v) is 5.94.